The zero-order chi connectivity index (χ0) is 15.0. The smallest absolute Gasteiger partial charge is 0.306 e. The molecule has 5 nitrogen and oxygen atoms in total. The van der Waals surface area contributed by atoms with E-state index in [1.54, 1.807) is 7.11 Å². The number of ether oxygens (including phenoxy) is 1. The molecule has 0 saturated heterocycles. The van der Waals surface area contributed by atoms with Gasteiger partial charge in [-0.2, -0.15) is 0 Å². The summed E-state index contributed by atoms with van der Waals surface area (Å²) in [6.45, 7) is 0.610. The average Bonchev–Trinajstić information content (AvgIpc) is 2.84. The fraction of sp³-hybridized carbons (Fsp3) is 0.333. The molecule has 1 aliphatic heterocycles. The van der Waals surface area contributed by atoms with Crippen LogP contribution in [0.25, 0.3) is 11.4 Å². The highest BCUT2D eigenvalue weighted by atomic mass is 35.5. The number of fused-ring (bicyclic) bond motifs is 1. The van der Waals surface area contributed by atoms with Crippen molar-refractivity contribution in [1.82, 2.24) is 9.55 Å². The molecule has 1 unspecified atom stereocenters. The third-order valence-corrected chi connectivity index (χ3v) is 4.14. The highest BCUT2D eigenvalue weighted by Gasteiger charge is 2.29. The summed E-state index contributed by atoms with van der Waals surface area (Å²) < 4.78 is 7.24. The van der Waals surface area contributed by atoms with Crippen LogP contribution in [0.15, 0.2) is 24.3 Å². The third kappa shape index (κ3) is 2.49. The van der Waals surface area contributed by atoms with Crippen LogP contribution >= 0.6 is 11.6 Å². The molecule has 3 rings (SSSR count). The van der Waals surface area contributed by atoms with E-state index in [0.29, 0.717) is 24.5 Å². The summed E-state index contributed by atoms with van der Waals surface area (Å²) in [7, 11) is 1.62. The molecule has 1 atom stereocenters. The Bertz CT molecular complexity index is 696. The predicted octanol–water partition coefficient (Wildman–Crippen LogP) is 2.86. The van der Waals surface area contributed by atoms with Crippen LogP contribution in [0.1, 0.15) is 12.1 Å². The van der Waals surface area contributed by atoms with Crippen LogP contribution in [-0.4, -0.2) is 27.7 Å². The molecule has 0 radical (unpaired) electrons. The molecule has 1 aromatic carbocycles. The second kappa shape index (κ2) is 5.41. The summed E-state index contributed by atoms with van der Waals surface area (Å²) in [5.41, 5.74) is 1.71. The molecule has 1 aromatic heterocycles. The first-order chi connectivity index (χ1) is 10.1. The van der Waals surface area contributed by atoms with Gasteiger partial charge in [0.2, 0.25) is 0 Å². The van der Waals surface area contributed by atoms with Gasteiger partial charge < -0.3 is 14.4 Å². The molecule has 1 N–H and O–H groups in total. The second-order valence-electron chi connectivity index (χ2n) is 5.08. The molecule has 1 aliphatic rings. The summed E-state index contributed by atoms with van der Waals surface area (Å²) in [6.07, 6.45) is 1.01. The molecule has 0 spiro atoms. The van der Waals surface area contributed by atoms with E-state index in [1.807, 2.05) is 28.8 Å². The van der Waals surface area contributed by atoms with Crippen molar-refractivity contribution in [1.29, 1.82) is 0 Å². The standard InChI is InChI=1S/C15H15ClN2O3/c1-21-11-4-2-3-9(7-11)14-17-13(16)12-8-10(15(19)20)5-6-18(12)14/h2-4,7,10H,5-6,8H2,1H3,(H,19,20). The number of aliphatic carboxylic acids is 1. The van der Waals surface area contributed by atoms with Crippen molar-refractivity contribution in [3.8, 4) is 17.1 Å². The molecule has 6 heteroatoms. The Morgan fingerprint density at radius 1 is 1.52 bits per heavy atom. The van der Waals surface area contributed by atoms with Gasteiger partial charge >= 0.3 is 5.97 Å². The Kier molecular flexibility index (Phi) is 3.59. The highest BCUT2D eigenvalue weighted by Crippen LogP contribution is 2.33. The van der Waals surface area contributed by atoms with Gasteiger partial charge in [0.25, 0.3) is 0 Å². The van der Waals surface area contributed by atoms with Crippen LogP contribution in [0.3, 0.4) is 0 Å². The van der Waals surface area contributed by atoms with Crippen LogP contribution in [0.5, 0.6) is 5.75 Å². The molecule has 0 bridgehead atoms. The van der Waals surface area contributed by atoms with E-state index in [9.17, 15) is 4.79 Å². The summed E-state index contributed by atoms with van der Waals surface area (Å²) >= 11 is 6.20. The zero-order valence-electron chi connectivity index (χ0n) is 11.5. The fourth-order valence-electron chi connectivity index (χ4n) is 2.71. The Labute approximate surface area is 127 Å². The number of halogens is 1. The number of nitrogens with zero attached hydrogens (tertiary/aromatic N) is 2. The first kappa shape index (κ1) is 13.9. The topological polar surface area (TPSA) is 64.4 Å². The first-order valence-corrected chi connectivity index (χ1v) is 7.10. The lowest BCUT2D eigenvalue weighted by atomic mass is 9.96. The number of methoxy groups -OCH3 is 1. The lowest BCUT2D eigenvalue weighted by molar-refractivity contribution is -0.142. The van der Waals surface area contributed by atoms with Crippen molar-refractivity contribution < 1.29 is 14.6 Å². The Hall–Kier alpha value is -2.01. The number of imidazole rings is 1. The number of hydrogen-bond donors (Lipinski definition) is 1. The Morgan fingerprint density at radius 2 is 2.33 bits per heavy atom. The monoisotopic (exact) mass is 306 g/mol. The SMILES string of the molecule is COc1cccc(-c2nc(Cl)c3n2CCC(C(=O)O)C3)c1. The minimum Gasteiger partial charge on any atom is -0.497 e. The second-order valence-corrected chi connectivity index (χ2v) is 5.44. The van der Waals surface area contributed by atoms with Gasteiger partial charge in [0.1, 0.15) is 11.6 Å². The van der Waals surface area contributed by atoms with E-state index in [-0.39, 0.29) is 5.92 Å². The minimum atomic E-state index is -0.776. The minimum absolute atomic E-state index is 0.384. The first-order valence-electron chi connectivity index (χ1n) is 6.72. The van der Waals surface area contributed by atoms with Crippen molar-refractivity contribution in [2.75, 3.05) is 7.11 Å². The van der Waals surface area contributed by atoms with E-state index in [2.05, 4.69) is 4.98 Å². The number of benzene rings is 1. The van der Waals surface area contributed by atoms with Crippen molar-refractivity contribution in [3.63, 3.8) is 0 Å². The fourth-order valence-corrected chi connectivity index (χ4v) is 2.97. The Morgan fingerprint density at radius 3 is 3.05 bits per heavy atom. The van der Waals surface area contributed by atoms with Gasteiger partial charge in [0.05, 0.1) is 18.7 Å². The van der Waals surface area contributed by atoms with Crippen molar-refractivity contribution in [2.45, 2.75) is 19.4 Å². The molecule has 0 aliphatic carbocycles. The van der Waals surface area contributed by atoms with Crippen molar-refractivity contribution >= 4 is 17.6 Å². The Balaban J connectivity index is 2.02. The van der Waals surface area contributed by atoms with Gasteiger partial charge in [-0.3, -0.25) is 4.79 Å². The molecule has 21 heavy (non-hydrogen) atoms. The molecule has 0 fully saturated rings. The summed E-state index contributed by atoms with van der Waals surface area (Å²) in [6, 6.07) is 7.60. The van der Waals surface area contributed by atoms with Gasteiger partial charge in [-0.15, -0.1) is 0 Å². The number of carbonyl (C=O) groups is 1. The van der Waals surface area contributed by atoms with E-state index in [0.717, 1.165) is 22.8 Å². The largest absolute Gasteiger partial charge is 0.497 e. The maximum Gasteiger partial charge on any atom is 0.306 e. The summed E-state index contributed by atoms with van der Waals surface area (Å²) in [5.74, 6) is 0.351. The molecular weight excluding hydrogens is 292 g/mol. The average molecular weight is 307 g/mol. The third-order valence-electron chi connectivity index (χ3n) is 3.84. The van der Waals surface area contributed by atoms with Crippen LogP contribution in [0, 0.1) is 5.92 Å². The zero-order valence-corrected chi connectivity index (χ0v) is 12.3. The normalized spacial score (nSPS) is 17.3. The van der Waals surface area contributed by atoms with Crippen LogP contribution < -0.4 is 4.74 Å². The van der Waals surface area contributed by atoms with E-state index < -0.39 is 5.97 Å². The molecular formula is C15H15ClN2O3. The highest BCUT2D eigenvalue weighted by molar-refractivity contribution is 6.30. The van der Waals surface area contributed by atoms with E-state index >= 15 is 0 Å². The van der Waals surface area contributed by atoms with Gasteiger partial charge in [0, 0.05) is 18.5 Å². The van der Waals surface area contributed by atoms with Crippen molar-refractivity contribution in [3.05, 3.63) is 35.1 Å². The number of hydrogen-bond acceptors (Lipinski definition) is 3. The molecule has 2 heterocycles. The van der Waals surface area contributed by atoms with Crippen LogP contribution in [-0.2, 0) is 17.8 Å². The molecule has 110 valence electrons. The number of carboxylic acid groups (broad SMARTS) is 1. The van der Waals surface area contributed by atoms with Gasteiger partial charge in [-0.05, 0) is 18.6 Å². The maximum absolute atomic E-state index is 11.1. The lowest BCUT2D eigenvalue weighted by Gasteiger charge is -2.22. The lowest BCUT2D eigenvalue weighted by Crippen LogP contribution is -2.25. The van der Waals surface area contributed by atoms with Crippen LogP contribution in [0.4, 0.5) is 0 Å². The molecule has 0 amide bonds. The summed E-state index contributed by atoms with van der Waals surface area (Å²) in [5, 5.41) is 9.55. The van der Waals surface area contributed by atoms with Crippen LogP contribution in [0.2, 0.25) is 5.15 Å². The van der Waals surface area contributed by atoms with Gasteiger partial charge in [-0.25, -0.2) is 4.98 Å². The number of carboxylic acids is 1. The molecule has 2 aromatic rings. The quantitative estimate of drug-likeness (QED) is 0.947. The van der Waals surface area contributed by atoms with Gasteiger partial charge in [-0.1, -0.05) is 23.7 Å². The molecule has 0 saturated carbocycles. The predicted molar refractivity (Wildman–Crippen MR) is 78.7 cm³/mol. The van der Waals surface area contributed by atoms with E-state index in [4.69, 9.17) is 21.4 Å². The van der Waals surface area contributed by atoms with Gasteiger partial charge in [0.15, 0.2) is 5.15 Å². The van der Waals surface area contributed by atoms with Crippen molar-refractivity contribution in [2.24, 2.45) is 5.92 Å². The summed E-state index contributed by atoms with van der Waals surface area (Å²) in [4.78, 5) is 15.6. The maximum atomic E-state index is 11.1. The number of rotatable bonds is 3. The van der Waals surface area contributed by atoms with E-state index in [1.165, 1.54) is 0 Å². The number of aromatic nitrogens is 2.